The Morgan fingerprint density at radius 2 is 1.20 bits per heavy atom. The second-order valence-electron chi connectivity index (χ2n) is 18.4. The SMILES string of the molecule is CC(C)C[C@H]1C(=O)N[C@H](C(=O)NCC(=O)N2CCOCC2)CCCCNC(=O)OCCC[C@@H]1C(=O)NO.CNC(=O)CNC(=O)[C@@H]1Cc2ccc(cc2)OCCC[C@H](C(=O)NO)[C@@H](CC(C)C)C(=O)N1. The summed E-state index contributed by atoms with van der Waals surface area (Å²) in [7, 11) is 1.46. The molecule has 70 heavy (non-hydrogen) atoms. The monoisotopic (exact) mass is 990 g/mol. The van der Waals surface area contributed by atoms with Crippen molar-refractivity contribution in [3.63, 3.8) is 0 Å². The Labute approximate surface area is 409 Å². The standard InChI is InChI=1S/C24H41N5O8.C23H34N4O6/c1-16(2)14-18-17(22(32)28-35)6-5-11-37-24(34)25-8-4-3-7-19(27-21(18)31)23(33)26-15-20(30)29-9-12-36-13-10-29;1-14(2)11-18-17(22(30)27-32)5-4-10-33-16-8-6-15(7-9-16)12-19(26-21(18)29)23(31)25-13-20(28)24-3/h16-19,35H,3-15H2,1-2H3,(H,25,34)(H,26,33)(H,27,31)(H,28,32);6-9,14,17-19,32H,4-5,10-13H2,1-3H3,(H,24,28)(H,25,31)(H,26,29)(H,27,30)/t2*17-,18+,19-/m00/s1. The molecule has 0 aliphatic carbocycles. The van der Waals surface area contributed by atoms with Crippen LogP contribution in [0.2, 0.25) is 0 Å². The molecule has 1 aromatic rings. The lowest BCUT2D eigenvalue weighted by atomic mass is 9.81. The number of ether oxygens (including phenoxy) is 3. The number of hydroxylamine groups is 2. The van der Waals surface area contributed by atoms with Crippen LogP contribution in [-0.4, -0.2) is 147 Å². The third-order valence-electron chi connectivity index (χ3n) is 12.1. The van der Waals surface area contributed by atoms with Crippen LogP contribution in [0.4, 0.5) is 4.79 Å². The molecule has 4 heterocycles. The quantitative estimate of drug-likeness (QED) is 0.101. The fourth-order valence-corrected chi connectivity index (χ4v) is 8.38. The molecule has 9 amide bonds. The fourth-order valence-electron chi connectivity index (χ4n) is 8.38. The fraction of sp³-hybridized carbons (Fsp3) is 0.681. The summed E-state index contributed by atoms with van der Waals surface area (Å²) in [6, 6.07) is 5.31. The van der Waals surface area contributed by atoms with E-state index in [1.807, 2.05) is 39.8 Å². The molecule has 1 aromatic carbocycles. The smallest absolute Gasteiger partial charge is 0.407 e. The number of hydrogen-bond acceptors (Lipinski definition) is 14. The highest BCUT2D eigenvalue weighted by Crippen LogP contribution is 2.28. The maximum atomic E-state index is 13.4. The van der Waals surface area contributed by atoms with Crippen LogP contribution in [0.1, 0.15) is 91.0 Å². The van der Waals surface area contributed by atoms with Crippen LogP contribution in [0.3, 0.4) is 0 Å². The highest BCUT2D eigenvalue weighted by molar-refractivity contribution is 5.94. The van der Waals surface area contributed by atoms with E-state index in [4.69, 9.17) is 14.2 Å². The second-order valence-corrected chi connectivity index (χ2v) is 18.4. The summed E-state index contributed by atoms with van der Waals surface area (Å²) in [6.45, 7) is 9.80. The van der Waals surface area contributed by atoms with Gasteiger partial charge in [0.2, 0.25) is 47.3 Å². The van der Waals surface area contributed by atoms with Crippen LogP contribution < -0.4 is 47.6 Å². The molecule has 0 aromatic heterocycles. The summed E-state index contributed by atoms with van der Waals surface area (Å²) >= 11 is 0. The minimum Gasteiger partial charge on any atom is -0.494 e. The average molecular weight is 990 g/mol. The lowest BCUT2D eigenvalue weighted by molar-refractivity contribution is -0.142. The van der Waals surface area contributed by atoms with Crippen LogP contribution in [0.25, 0.3) is 0 Å². The zero-order valence-corrected chi connectivity index (χ0v) is 41.1. The summed E-state index contributed by atoms with van der Waals surface area (Å²) in [5, 5.41) is 34.4. The van der Waals surface area contributed by atoms with Crippen LogP contribution in [-0.2, 0) is 54.3 Å². The van der Waals surface area contributed by atoms with Crippen molar-refractivity contribution in [2.75, 3.05) is 66.2 Å². The molecule has 2 fully saturated rings. The minimum absolute atomic E-state index is 0.0484. The molecular weight excluding hydrogens is 915 g/mol. The molecule has 392 valence electrons. The summed E-state index contributed by atoms with van der Waals surface area (Å²) in [4.78, 5) is 115. The van der Waals surface area contributed by atoms with Crippen molar-refractivity contribution in [1.29, 1.82) is 0 Å². The number of rotatable bonds is 12. The maximum absolute atomic E-state index is 13.4. The van der Waals surface area contributed by atoms with Gasteiger partial charge in [-0.15, -0.1) is 0 Å². The number of nitrogens with zero attached hydrogens (tertiary/aromatic N) is 1. The number of hydrogen-bond donors (Lipinski definition) is 10. The van der Waals surface area contributed by atoms with Gasteiger partial charge in [-0.05, 0) is 87.3 Å². The van der Waals surface area contributed by atoms with E-state index in [0.717, 1.165) is 5.56 Å². The topological polar surface area (TPSA) is 321 Å². The van der Waals surface area contributed by atoms with Crippen LogP contribution in [0.5, 0.6) is 5.75 Å². The Balaban J connectivity index is 0.000000373. The van der Waals surface area contributed by atoms with Crippen LogP contribution in [0, 0.1) is 35.5 Å². The van der Waals surface area contributed by atoms with Gasteiger partial charge in [-0.2, -0.15) is 0 Å². The minimum atomic E-state index is -0.954. The van der Waals surface area contributed by atoms with Crippen molar-refractivity contribution >= 4 is 53.4 Å². The summed E-state index contributed by atoms with van der Waals surface area (Å²) in [5.41, 5.74) is 4.11. The van der Waals surface area contributed by atoms with E-state index in [1.165, 1.54) is 7.05 Å². The largest absolute Gasteiger partial charge is 0.494 e. The molecule has 23 nitrogen and oxygen atoms in total. The van der Waals surface area contributed by atoms with Crippen LogP contribution in [0.15, 0.2) is 24.3 Å². The molecule has 6 atom stereocenters. The number of nitrogens with one attached hydrogen (secondary N) is 8. The average Bonchev–Trinajstić information content (AvgIpc) is 3.35. The van der Waals surface area contributed by atoms with Crippen molar-refractivity contribution in [3.8, 4) is 5.75 Å². The molecule has 0 spiro atoms. The number of alkyl carbamates (subject to hydrolysis) is 1. The molecule has 2 saturated heterocycles. The molecule has 0 unspecified atom stereocenters. The normalized spacial score (nSPS) is 23.0. The number of carbonyl (C=O) groups is 9. The zero-order valence-electron chi connectivity index (χ0n) is 41.1. The van der Waals surface area contributed by atoms with Crippen molar-refractivity contribution in [1.82, 2.24) is 47.8 Å². The third-order valence-corrected chi connectivity index (χ3v) is 12.1. The van der Waals surface area contributed by atoms with Gasteiger partial charge in [-0.3, -0.25) is 48.8 Å². The zero-order chi connectivity index (χ0) is 51.6. The molecule has 0 saturated carbocycles. The van der Waals surface area contributed by atoms with Gasteiger partial charge >= 0.3 is 6.09 Å². The van der Waals surface area contributed by atoms with Crippen LogP contribution >= 0.6 is 0 Å². The van der Waals surface area contributed by atoms with Crippen molar-refractivity contribution in [2.24, 2.45) is 35.5 Å². The first-order valence-electron chi connectivity index (χ1n) is 24.2. The van der Waals surface area contributed by atoms with E-state index in [1.54, 1.807) is 28.0 Å². The highest BCUT2D eigenvalue weighted by Gasteiger charge is 2.38. The molecule has 23 heteroatoms. The molecule has 2 bridgehead atoms. The number of benzene rings is 1. The van der Waals surface area contributed by atoms with Gasteiger partial charge in [0.25, 0.3) is 0 Å². The predicted octanol–water partition coefficient (Wildman–Crippen LogP) is 0.453. The molecule has 0 radical (unpaired) electrons. The van der Waals surface area contributed by atoms with Crippen molar-refractivity contribution < 1.29 is 67.8 Å². The summed E-state index contributed by atoms with van der Waals surface area (Å²) in [6.07, 6.45) is 2.99. The van der Waals surface area contributed by atoms with Gasteiger partial charge in [-0.25, -0.2) is 15.8 Å². The number of carbonyl (C=O) groups excluding carboxylic acids is 9. The highest BCUT2D eigenvalue weighted by atomic mass is 16.5. The second kappa shape index (κ2) is 31.2. The molecule has 4 aliphatic heterocycles. The molecular formula is C47H75N9O14. The van der Waals surface area contributed by atoms with E-state index >= 15 is 0 Å². The van der Waals surface area contributed by atoms with E-state index in [0.29, 0.717) is 90.2 Å². The number of morpholine rings is 1. The van der Waals surface area contributed by atoms with E-state index in [2.05, 4.69) is 31.9 Å². The first-order chi connectivity index (χ1) is 33.5. The number of amides is 9. The number of cyclic esters (lactones) is 1. The first-order valence-corrected chi connectivity index (χ1v) is 24.2. The van der Waals surface area contributed by atoms with Crippen molar-refractivity contribution in [2.45, 2.75) is 104 Å². The number of likely N-dealkylation sites (N-methyl/N-ethyl adjacent to an activating group) is 1. The van der Waals surface area contributed by atoms with E-state index in [-0.39, 0.29) is 62.6 Å². The van der Waals surface area contributed by atoms with E-state index in [9.17, 15) is 53.6 Å². The van der Waals surface area contributed by atoms with Gasteiger partial charge in [0.1, 0.15) is 17.8 Å². The summed E-state index contributed by atoms with van der Waals surface area (Å²) in [5.74, 6) is -6.37. The Morgan fingerprint density at radius 1 is 0.671 bits per heavy atom. The Morgan fingerprint density at radius 3 is 1.74 bits per heavy atom. The Bertz CT molecular complexity index is 1880. The third kappa shape index (κ3) is 20.5. The van der Waals surface area contributed by atoms with Gasteiger partial charge in [0, 0.05) is 44.9 Å². The molecule has 5 rings (SSSR count). The van der Waals surface area contributed by atoms with E-state index < -0.39 is 77.3 Å². The van der Waals surface area contributed by atoms with Crippen molar-refractivity contribution in [3.05, 3.63) is 29.8 Å². The summed E-state index contributed by atoms with van der Waals surface area (Å²) < 4.78 is 16.1. The first kappa shape index (κ1) is 58.2. The lowest BCUT2D eigenvalue weighted by Gasteiger charge is -2.29. The van der Waals surface area contributed by atoms with Gasteiger partial charge < -0.3 is 51.0 Å². The van der Waals surface area contributed by atoms with Gasteiger partial charge in [-0.1, -0.05) is 39.8 Å². The van der Waals surface area contributed by atoms with Gasteiger partial charge in [0.15, 0.2) is 0 Å². The lowest BCUT2D eigenvalue weighted by Crippen LogP contribution is -2.53. The van der Waals surface area contributed by atoms with Gasteiger partial charge in [0.05, 0.1) is 51.4 Å². The number of fused-ring (bicyclic) bond motifs is 11. The maximum Gasteiger partial charge on any atom is 0.407 e. The molecule has 10 N–H and O–H groups in total. The predicted molar refractivity (Wildman–Crippen MR) is 251 cm³/mol. The Hall–Kier alpha value is -6.07. The molecule has 4 aliphatic rings. The Kier molecular flexibility index (Phi) is 26.0.